The number of epoxide rings is 1. The maximum atomic E-state index is 10.2. The number of unbranched alkanes of at least 4 members (excludes halogenated alkanes) is 11. The Kier molecular flexibility index (Phi) is 19.9. The number of hydrogen-bond donors (Lipinski definition) is 0. The molecule has 1 heterocycles. The van der Waals surface area contributed by atoms with Crippen molar-refractivity contribution in [3.63, 3.8) is 0 Å². The van der Waals surface area contributed by atoms with Crippen LogP contribution in [-0.4, -0.2) is 18.7 Å². The summed E-state index contributed by atoms with van der Waals surface area (Å²) in [4.78, 5) is 10.2. The van der Waals surface area contributed by atoms with Gasteiger partial charge in [-0.1, -0.05) is 70.4 Å². The van der Waals surface area contributed by atoms with Crippen molar-refractivity contribution in [2.75, 3.05) is 6.61 Å². The van der Waals surface area contributed by atoms with Crippen molar-refractivity contribution in [2.24, 2.45) is 0 Å². The molecule has 1 aliphatic rings. The van der Waals surface area contributed by atoms with E-state index >= 15 is 0 Å². The molecule has 1 rings (SSSR count). The molecule has 25 heavy (non-hydrogen) atoms. The molecular weight excluding hydrogens is 366 g/mol. The molecule has 0 aliphatic carbocycles. The molecule has 1 atom stereocenters. The minimum atomic E-state index is -0.914. The summed E-state index contributed by atoms with van der Waals surface area (Å²) >= 11 is 1.39. The number of aliphatic carboxylic acids is 1. The van der Waals surface area contributed by atoms with Crippen LogP contribution in [0.4, 0.5) is 0 Å². The van der Waals surface area contributed by atoms with Crippen molar-refractivity contribution in [2.45, 2.75) is 108 Å². The van der Waals surface area contributed by atoms with Gasteiger partial charge in [-0.15, -0.1) is 0 Å². The van der Waals surface area contributed by atoms with Crippen LogP contribution in [0.5, 0.6) is 0 Å². The number of allylic oxidation sites excluding steroid dienone is 2. The SMILES string of the molecule is CCCCCCCC/C=C\CCCCCCCC(=O)[O-].[Zn+][CH2]C1CO1. The van der Waals surface area contributed by atoms with Crippen molar-refractivity contribution in [3.05, 3.63) is 12.2 Å². The quantitative estimate of drug-likeness (QED) is 0.155. The molecule has 0 amide bonds. The molecule has 0 N–H and O–H groups in total. The third kappa shape index (κ3) is 23.8. The van der Waals surface area contributed by atoms with Gasteiger partial charge >= 0.3 is 40.8 Å². The fourth-order valence-electron chi connectivity index (χ4n) is 2.57. The fraction of sp³-hybridized carbons (Fsp3) is 0.857. The van der Waals surface area contributed by atoms with Crippen molar-refractivity contribution < 1.29 is 32.9 Å². The van der Waals surface area contributed by atoms with E-state index in [1.807, 2.05) is 0 Å². The Bertz CT molecular complexity index is 314. The van der Waals surface area contributed by atoms with Crippen molar-refractivity contribution in [1.82, 2.24) is 0 Å². The topological polar surface area (TPSA) is 52.7 Å². The second-order valence-electron chi connectivity index (χ2n) is 6.95. The molecule has 1 unspecified atom stereocenters. The summed E-state index contributed by atoms with van der Waals surface area (Å²) in [5, 5.41) is 11.5. The first kappa shape index (κ1) is 24.8. The Morgan fingerprint density at radius 1 is 0.960 bits per heavy atom. The van der Waals surface area contributed by atoms with Gasteiger partial charge in [0.15, 0.2) is 0 Å². The first-order chi connectivity index (χ1) is 12.2. The maximum absolute atomic E-state index is 10.2. The molecule has 0 aromatic carbocycles. The first-order valence-electron chi connectivity index (χ1n) is 10.5. The predicted octanol–water partition coefficient (Wildman–Crippen LogP) is 5.12. The van der Waals surface area contributed by atoms with Crippen LogP contribution in [0, 0.1) is 0 Å². The standard InChI is InChI=1S/C18H34O2.C3H5O.Zn/c1-2-3-4-5-6-7-8-9-10-11-12-13-14-15-16-17-18(19)20;1-3-2-4-3;/h9-10H,2-8,11-17H2,1H3,(H,19,20);3H,1-2H2;/q;;+1/p-1/b10-9-;;. The summed E-state index contributed by atoms with van der Waals surface area (Å²) in [5.74, 6) is -0.914. The number of rotatable bonds is 16. The Morgan fingerprint density at radius 2 is 1.44 bits per heavy atom. The average molecular weight is 404 g/mol. The molecule has 0 bridgehead atoms. The van der Waals surface area contributed by atoms with Gasteiger partial charge in [-0.2, -0.15) is 0 Å². The molecule has 142 valence electrons. The summed E-state index contributed by atoms with van der Waals surface area (Å²) < 4.78 is 4.89. The van der Waals surface area contributed by atoms with E-state index in [0.29, 0.717) is 6.10 Å². The first-order valence-corrected chi connectivity index (χ1v) is 12.6. The van der Waals surface area contributed by atoms with Crippen LogP contribution < -0.4 is 5.11 Å². The van der Waals surface area contributed by atoms with Crippen molar-refractivity contribution in [1.29, 1.82) is 0 Å². The summed E-state index contributed by atoms with van der Waals surface area (Å²) in [6.45, 7) is 3.30. The van der Waals surface area contributed by atoms with Gasteiger partial charge in [-0.25, -0.2) is 0 Å². The average Bonchev–Trinajstić information content (AvgIpc) is 3.43. The number of carbonyl (C=O) groups is 1. The van der Waals surface area contributed by atoms with Crippen LogP contribution in [0.1, 0.15) is 96.8 Å². The molecule has 0 saturated carbocycles. The Balaban J connectivity index is 0.000000972. The van der Waals surface area contributed by atoms with Gasteiger partial charge in [0.1, 0.15) is 0 Å². The van der Waals surface area contributed by atoms with Crippen LogP contribution in [-0.2, 0) is 27.8 Å². The number of carboxylic acid groups (broad SMARTS) is 1. The zero-order chi connectivity index (χ0) is 18.6. The van der Waals surface area contributed by atoms with Gasteiger partial charge in [-0.3, -0.25) is 0 Å². The normalized spacial score (nSPS) is 15.9. The molecular formula is C21H38O3Zn. The summed E-state index contributed by atoms with van der Waals surface area (Å²) in [6.07, 6.45) is 21.6. The predicted molar refractivity (Wildman–Crippen MR) is 99.0 cm³/mol. The van der Waals surface area contributed by atoms with E-state index in [1.165, 1.54) is 87.5 Å². The molecule has 0 spiro atoms. The van der Waals surface area contributed by atoms with E-state index in [1.54, 1.807) is 0 Å². The molecule has 4 heteroatoms. The summed E-state index contributed by atoms with van der Waals surface area (Å²) in [7, 11) is 0. The van der Waals surface area contributed by atoms with E-state index in [0.717, 1.165) is 25.9 Å². The summed E-state index contributed by atoms with van der Waals surface area (Å²) in [5.41, 5.74) is 0. The van der Waals surface area contributed by atoms with Gasteiger partial charge in [0.05, 0.1) is 0 Å². The van der Waals surface area contributed by atoms with Crippen LogP contribution in [0.15, 0.2) is 12.2 Å². The van der Waals surface area contributed by atoms with E-state index < -0.39 is 5.97 Å². The van der Waals surface area contributed by atoms with E-state index in [2.05, 4.69) is 19.1 Å². The van der Waals surface area contributed by atoms with Crippen LogP contribution >= 0.6 is 0 Å². The molecule has 0 aromatic rings. The third-order valence-corrected chi connectivity index (χ3v) is 5.72. The second kappa shape index (κ2) is 20.1. The Morgan fingerprint density at radius 3 is 1.84 bits per heavy atom. The van der Waals surface area contributed by atoms with Gasteiger partial charge in [0.25, 0.3) is 0 Å². The molecule has 0 radical (unpaired) electrons. The molecule has 0 aromatic heterocycles. The number of ether oxygens (including phenoxy) is 1. The van der Waals surface area contributed by atoms with Gasteiger partial charge < -0.3 is 9.90 Å². The molecule has 3 nitrogen and oxygen atoms in total. The molecule has 1 aliphatic heterocycles. The monoisotopic (exact) mass is 402 g/mol. The Labute approximate surface area is 165 Å². The third-order valence-electron chi connectivity index (χ3n) is 4.37. The zero-order valence-electron chi connectivity index (χ0n) is 16.5. The second-order valence-corrected chi connectivity index (χ2v) is 8.16. The number of hydrogen-bond acceptors (Lipinski definition) is 3. The number of carbonyl (C=O) groups excluding carboxylic acids is 1. The fourth-order valence-corrected chi connectivity index (χ4v) is 3.27. The minimum absolute atomic E-state index is 0.220. The van der Waals surface area contributed by atoms with E-state index in [4.69, 9.17) is 4.74 Å². The van der Waals surface area contributed by atoms with Crippen LogP contribution in [0.3, 0.4) is 0 Å². The van der Waals surface area contributed by atoms with Crippen molar-refractivity contribution in [3.8, 4) is 0 Å². The van der Waals surface area contributed by atoms with Gasteiger partial charge in [-0.05, 0) is 38.5 Å². The Hall–Kier alpha value is -0.207. The van der Waals surface area contributed by atoms with E-state index in [9.17, 15) is 9.90 Å². The van der Waals surface area contributed by atoms with Crippen LogP contribution in [0.25, 0.3) is 0 Å². The van der Waals surface area contributed by atoms with Crippen molar-refractivity contribution >= 4 is 5.97 Å². The van der Waals surface area contributed by atoms with Gasteiger partial charge in [0.2, 0.25) is 0 Å². The summed E-state index contributed by atoms with van der Waals surface area (Å²) in [6, 6.07) is 0. The van der Waals surface area contributed by atoms with Gasteiger partial charge in [0, 0.05) is 5.97 Å². The number of carboxylic acids is 1. The van der Waals surface area contributed by atoms with E-state index in [-0.39, 0.29) is 6.42 Å². The van der Waals surface area contributed by atoms with Crippen LogP contribution in [0.2, 0.25) is 5.02 Å². The zero-order valence-corrected chi connectivity index (χ0v) is 19.4. The molecule has 1 fully saturated rings. The molecule has 1 saturated heterocycles.